The Kier molecular flexibility index (Phi) is 5.15. The van der Waals surface area contributed by atoms with E-state index in [0.717, 1.165) is 0 Å². The van der Waals surface area contributed by atoms with Gasteiger partial charge in [0.05, 0.1) is 5.92 Å². The summed E-state index contributed by atoms with van der Waals surface area (Å²) in [7, 11) is -1.14. The van der Waals surface area contributed by atoms with Crippen molar-refractivity contribution >= 4 is 20.9 Å². The molecule has 1 fully saturated rings. The van der Waals surface area contributed by atoms with Gasteiger partial charge in [-0.2, -0.15) is 0 Å². The van der Waals surface area contributed by atoms with Gasteiger partial charge in [0.1, 0.15) is 0 Å². The van der Waals surface area contributed by atoms with E-state index in [0.29, 0.717) is 6.61 Å². The van der Waals surface area contributed by atoms with E-state index in [9.17, 15) is 9.59 Å². The molecule has 1 saturated heterocycles. The number of rotatable bonds is 5. The summed E-state index contributed by atoms with van der Waals surface area (Å²) < 4.78 is 10.9. The molecule has 0 aromatic heterocycles. The molecule has 1 unspecified atom stereocenters. The molecule has 1 aliphatic heterocycles. The Morgan fingerprint density at radius 1 is 1.42 bits per heavy atom. The number of esters is 1. The molecule has 1 aliphatic rings. The predicted molar refractivity (Wildman–Crippen MR) is 75.0 cm³/mol. The van der Waals surface area contributed by atoms with Gasteiger partial charge < -0.3 is 14.5 Å². The van der Waals surface area contributed by atoms with Gasteiger partial charge in [-0.15, -0.1) is 0 Å². The lowest BCUT2D eigenvalue weighted by atomic mass is 9.70. The van der Waals surface area contributed by atoms with Crippen molar-refractivity contribution in [3.05, 3.63) is 0 Å². The van der Waals surface area contributed by atoms with Crippen LogP contribution in [0.3, 0.4) is 0 Å². The molecule has 0 aromatic rings. The van der Waals surface area contributed by atoms with Crippen LogP contribution in [0.4, 0.5) is 0 Å². The second kappa shape index (κ2) is 6.05. The number of amides is 1. The van der Waals surface area contributed by atoms with Crippen molar-refractivity contribution in [3.63, 3.8) is 0 Å². The van der Waals surface area contributed by atoms with Gasteiger partial charge in [-0.1, -0.05) is 20.8 Å². The highest BCUT2D eigenvalue weighted by atomic mass is 28.3. The molecule has 3 atom stereocenters. The highest BCUT2D eigenvalue weighted by molar-refractivity contribution is 6.48. The highest BCUT2D eigenvalue weighted by Gasteiger charge is 2.50. The first-order chi connectivity index (χ1) is 8.62. The second-order valence-electron chi connectivity index (χ2n) is 6.42. The maximum Gasteiger partial charge on any atom is 0.304 e. The summed E-state index contributed by atoms with van der Waals surface area (Å²) in [6, 6.07) is 0. The average Bonchev–Trinajstić information content (AvgIpc) is 2.20. The van der Waals surface area contributed by atoms with Crippen molar-refractivity contribution in [1.29, 1.82) is 0 Å². The normalized spacial score (nSPS) is 24.7. The molecule has 110 valence electrons. The van der Waals surface area contributed by atoms with Gasteiger partial charge in [0.25, 0.3) is 0 Å². The van der Waals surface area contributed by atoms with E-state index in [2.05, 4.69) is 39.2 Å². The number of hydrogen-bond acceptors (Lipinski definition) is 4. The Morgan fingerprint density at radius 3 is 2.37 bits per heavy atom. The zero-order valence-corrected chi connectivity index (χ0v) is 13.8. The second-order valence-corrected chi connectivity index (χ2v) is 8.85. The number of carbonyl (C=O) groups is 2. The number of nitrogens with one attached hydrogen (secondary N) is 1. The van der Waals surface area contributed by atoms with Gasteiger partial charge in [0.2, 0.25) is 5.91 Å². The largest absolute Gasteiger partial charge is 0.441 e. The third-order valence-electron chi connectivity index (χ3n) is 3.36. The molecule has 1 amide bonds. The molecule has 1 heterocycles. The predicted octanol–water partition coefficient (Wildman–Crippen LogP) is 1.28. The molecule has 0 spiro atoms. The minimum absolute atomic E-state index is 0.0421. The van der Waals surface area contributed by atoms with Gasteiger partial charge in [-0.05, 0) is 18.5 Å². The van der Waals surface area contributed by atoms with Gasteiger partial charge >= 0.3 is 5.97 Å². The van der Waals surface area contributed by atoms with Crippen molar-refractivity contribution in [1.82, 2.24) is 5.32 Å². The van der Waals surface area contributed by atoms with Crippen molar-refractivity contribution in [2.75, 3.05) is 6.61 Å². The van der Waals surface area contributed by atoms with E-state index in [4.69, 9.17) is 9.16 Å². The number of ether oxygens (including phenoxy) is 1. The summed E-state index contributed by atoms with van der Waals surface area (Å²) in [6.07, 6.45) is -0.508. The van der Waals surface area contributed by atoms with Gasteiger partial charge in [0, 0.05) is 19.4 Å². The minimum atomic E-state index is -1.14. The summed E-state index contributed by atoms with van der Waals surface area (Å²) in [5, 5.41) is 2.64. The fraction of sp³-hybridized carbons (Fsp3) is 0.846. The van der Waals surface area contributed by atoms with E-state index in [1.54, 1.807) is 0 Å². The zero-order valence-electron chi connectivity index (χ0n) is 12.6. The Balaban J connectivity index is 2.78. The molecule has 0 radical (unpaired) electrons. The van der Waals surface area contributed by atoms with Gasteiger partial charge in [-0.3, -0.25) is 9.59 Å². The molecule has 1 N–H and O–H groups in total. The van der Waals surface area contributed by atoms with Crippen LogP contribution < -0.4 is 5.32 Å². The van der Waals surface area contributed by atoms with Crippen LogP contribution in [0.2, 0.25) is 13.1 Å². The smallest absolute Gasteiger partial charge is 0.304 e. The number of β-lactam (4-membered cyclic amide) rings is 1. The van der Waals surface area contributed by atoms with Crippen molar-refractivity contribution in [3.8, 4) is 0 Å². The molecule has 6 heteroatoms. The quantitative estimate of drug-likeness (QED) is 0.470. The zero-order chi connectivity index (χ0) is 14.8. The fourth-order valence-corrected chi connectivity index (χ4v) is 2.82. The average molecular weight is 287 g/mol. The van der Waals surface area contributed by atoms with E-state index >= 15 is 0 Å². The van der Waals surface area contributed by atoms with E-state index in [-0.39, 0.29) is 29.1 Å². The van der Waals surface area contributed by atoms with Gasteiger partial charge in [-0.25, -0.2) is 0 Å². The molecule has 5 nitrogen and oxygen atoms in total. The molecule has 1 rings (SSSR count). The van der Waals surface area contributed by atoms with Gasteiger partial charge in [0.15, 0.2) is 15.3 Å². The molecule has 19 heavy (non-hydrogen) atoms. The first-order valence-electron chi connectivity index (χ1n) is 6.72. The number of hydrogen-bond donors (Lipinski definition) is 1. The van der Waals surface area contributed by atoms with Crippen LogP contribution in [0.1, 0.15) is 27.7 Å². The maximum atomic E-state index is 11.8. The van der Waals surface area contributed by atoms with Crippen molar-refractivity contribution < 1.29 is 18.8 Å². The van der Waals surface area contributed by atoms with Crippen molar-refractivity contribution in [2.45, 2.75) is 47.0 Å². The Morgan fingerprint density at radius 2 is 2.00 bits per heavy atom. The monoisotopic (exact) mass is 287 g/mol. The topological polar surface area (TPSA) is 64.6 Å². The maximum absolute atomic E-state index is 11.8. The Labute approximate surface area is 116 Å². The molecular weight excluding hydrogens is 262 g/mol. The Hall–Kier alpha value is -0.883. The number of carbonyl (C=O) groups excluding carboxylic acids is 2. The molecule has 0 saturated carbocycles. The van der Waals surface area contributed by atoms with Crippen LogP contribution in [-0.4, -0.2) is 33.8 Å². The molecular formula is C13H25NO4Si. The third-order valence-corrected chi connectivity index (χ3v) is 4.22. The van der Waals surface area contributed by atoms with Crippen LogP contribution in [0.15, 0.2) is 0 Å². The lowest BCUT2D eigenvalue weighted by Crippen LogP contribution is -2.64. The molecule has 0 aromatic carbocycles. The molecule has 0 bridgehead atoms. The first-order valence-corrected chi connectivity index (χ1v) is 9.50. The lowest BCUT2D eigenvalue weighted by molar-refractivity contribution is -0.175. The Bertz CT molecular complexity index is 351. The lowest BCUT2D eigenvalue weighted by Gasteiger charge is -2.45. The summed E-state index contributed by atoms with van der Waals surface area (Å²) in [6.45, 7) is 12.3. The summed E-state index contributed by atoms with van der Waals surface area (Å²) in [5.74, 6) is -0.695. The summed E-state index contributed by atoms with van der Waals surface area (Å²) >= 11 is 0. The summed E-state index contributed by atoms with van der Waals surface area (Å²) in [5.41, 5.74) is -0.0793. The van der Waals surface area contributed by atoms with Crippen molar-refractivity contribution in [2.24, 2.45) is 17.3 Å². The van der Waals surface area contributed by atoms with Crippen LogP contribution in [0.25, 0.3) is 0 Å². The first kappa shape index (κ1) is 16.2. The fourth-order valence-electron chi connectivity index (χ4n) is 2.23. The standard InChI is InChI=1S/C13H25NO4Si/c1-8(15)18-12-10(11(16)14-12)9(13(2,3)4)7-17-19(5)6/h9-10,12,19H,7H2,1-6H3,(H,14,16)/t9-,10-,12?/m1/s1. The summed E-state index contributed by atoms with van der Waals surface area (Å²) in [4.78, 5) is 22.8. The van der Waals surface area contributed by atoms with E-state index < -0.39 is 15.3 Å². The third kappa shape index (κ3) is 4.31. The van der Waals surface area contributed by atoms with Crippen LogP contribution >= 0.6 is 0 Å². The van der Waals surface area contributed by atoms with Crippen LogP contribution in [0, 0.1) is 17.3 Å². The highest BCUT2D eigenvalue weighted by Crippen LogP contribution is 2.38. The van der Waals surface area contributed by atoms with E-state index in [1.165, 1.54) is 6.92 Å². The van der Waals surface area contributed by atoms with Crippen LogP contribution in [0.5, 0.6) is 0 Å². The van der Waals surface area contributed by atoms with E-state index in [1.807, 2.05) is 0 Å². The minimum Gasteiger partial charge on any atom is -0.441 e. The SMILES string of the molecule is CC(=O)OC1NC(=O)[C@H]1[C@@H](CO[SiH](C)C)C(C)(C)C. The molecule has 0 aliphatic carbocycles. The van der Waals surface area contributed by atoms with Crippen LogP contribution in [-0.2, 0) is 18.8 Å².